The number of rotatable bonds is 5. The summed E-state index contributed by atoms with van der Waals surface area (Å²) in [5, 5.41) is 9.82. The second kappa shape index (κ2) is 5.99. The van der Waals surface area contributed by atoms with E-state index >= 15 is 0 Å². The van der Waals surface area contributed by atoms with E-state index in [9.17, 15) is 9.90 Å². The third kappa shape index (κ3) is 2.96. The SMILES string of the molecule is O=C(O)C1(c2cccc(OCC3CC3)c2Br)CCCCC1. The van der Waals surface area contributed by atoms with Crippen LogP contribution in [0.5, 0.6) is 5.75 Å². The van der Waals surface area contributed by atoms with Gasteiger partial charge in [0, 0.05) is 0 Å². The molecular weight excluding hydrogens is 332 g/mol. The number of hydrogen-bond acceptors (Lipinski definition) is 2. The number of aliphatic carboxylic acids is 1. The van der Waals surface area contributed by atoms with Gasteiger partial charge in [-0.15, -0.1) is 0 Å². The molecule has 0 aromatic heterocycles. The van der Waals surface area contributed by atoms with E-state index in [0.717, 1.165) is 41.7 Å². The third-order valence-corrected chi connectivity index (χ3v) is 5.58. The Kier molecular flexibility index (Phi) is 4.25. The van der Waals surface area contributed by atoms with Crippen molar-refractivity contribution in [3.05, 3.63) is 28.2 Å². The maximum atomic E-state index is 12.0. The van der Waals surface area contributed by atoms with Crippen molar-refractivity contribution in [3.63, 3.8) is 0 Å². The molecule has 1 N–H and O–H groups in total. The van der Waals surface area contributed by atoms with Gasteiger partial charge in [-0.25, -0.2) is 0 Å². The van der Waals surface area contributed by atoms with Crippen molar-refractivity contribution in [1.82, 2.24) is 0 Å². The fraction of sp³-hybridized carbons (Fsp3) is 0.588. The zero-order chi connectivity index (χ0) is 14.9. The number of hydrogen-bond donors (Lipinski definition) is 1. The lowest BCUT2D eigenvalue weighted by molar-refractivity contribution is -0.145. The van der Waals surface area contributed by atoms with E-state index in [0.29, 0.717) is 18.8 Å². The molecule has 114 valence electrons. The van der Waals surface area contributed by atoms with Gasteiger partial charge in [-0.2, -0.15) is 0 Å². The Morgan fingerprint density at radius 2 is 2.00 bits per heavy atom. The lowest BCUT2D eigenvalue weighted by atomic mass is 9.69. The fourth-order valence-corrected chi connectivity index (χ4v) is 4.00. The maximum Gasteiger partial charge on any atom is 0.314 e. The molecule has 0 spiro atoms. The standard InChI is InChI=1S/C17H21BrO3/c18-15-13(17(16(19)20)9-2-1-3-10-17)5-4-6-14(15)21-11-12-7-8-12/h4-6,12H,1-3,7-11H2,(H,19,20). The predicted octanol–water partition coefficient (Wildman–Crippen LogP) is 4.52. The number of carbonyl (C=O) groups is 1. The first-order valence-corrected chi connectivity index (χ1v) is 8.58. The summed E-state index contributed by atoms with van der Waals surface area (Å²) in [7, 11) is 0. The Labute approximate surface area is 133 Å². The van der Waals surface area contributed by atoms with Crippen LogP contribution >= 0.6 is 15.9 Å². The smallest absolute Gasteiger partial charge is 0.314 e. The van der Waals surface area contributed by atoms with E-state index in [4.69, 9.17) is 4.74 Å². The van der Waals surface area contributed by atoms with Crippen molar-refractivity contribution in [2.45, 2.75) is 50.4 Å². The van der Waals surface area contributed by atoms with Crippen molar-refractivity contribution in [3.8, 4) is 5.75 Å². The minimum atomic E-state index is -0.754. The Morgan fingerprint density at radius 3 is 2.62 bits per heavy atom. The average molecular weight is 353 g/mol. The highest BCUT2D eigenvalue weighted by Gasteiger charge is 2.43. The number of halogens is 1. The Hall–Kier alpha value is -1.03. The molecule has 2 fully saturated rings. The van der Waals surface area contributed by atoms with Crippen molar-refractivity contribution in [1.29, 1.82) is 0 Å². The summed E-state index contributed by atoms with van der Waals surface area (Å²) in [4.78, 5) is 12.0. The van der Waals surface area contributed by atoms with Crippen molar-refractivity contribution in [2.75, 3.05) is 6.61 Å². The van der Waals surface area contributed by atoms with Gasteiger partial charge in [0.15, 0.2) is 0 Å². The quantitative estimate of drug-likeness (QED) is 0.846. The van der Waals surface area contributed by atoms with E-state index in [1.165, 1.54) is 12.8 Å². The van der Waals surface area contributed by atoms with Gasteiger partial charge in [-0.05, 0) is 59.2 Å². The molecule has 0 bridgehead atoms. The van der Waals surface area contributed by atoms with Gasteiger partial charge in [-0.3, -0.25) is 4.79 Å². The van der Waals surface area contributed by atoms with E-state index < -0.39 is 11.4 Å². The second-order valence-electron chi connectivity index (χ2n) is 6.32. The monoisotopic (exact) mass is 352 g/mol. The van der Waals surface area contributed by atoms with Crippen LogP contribution in [0.3, 0.4) is 0 Å². The van der Waals surface area contributed by atoms with Crippen LogP contribution in [0.15, 0.2) is 22.7 Å². The second-order valence-corrected chi connectivity index (χ2v) is 7.11. The van der Waals surface area contributed by atoms with Gasteiger partial charge in [0.2, 0.25) is 0 Å². The molecule has 0 radical (unpaired) electrons. The van der Waals surface area contributed by atoms with Crippen LogP contribution in [0.25, 0.3) is 0 Å². The highest BCUT2D eigenvalue weighted by molar-refractivity contribution is 9.10. The van der Waals surface area contributed by atoms with Crippen LogP contribution in [-0.2, 0) is 10.2 Å². The summed E-state index contributed by atoms with van der Waals surface area (Å²) >= 11 is 3.60. The van der Waals surface area contributed by atoms with Crippen molar-refractivity contribution in [2.24, 2.45) is 5.92 Å². The number of carboxylic acids is 1. The van der Waals surface area contributed by atoms with Gasteiger partial charge in [0.05, 0.1) is 16.5 Å². The summed E-state index contributed by atoms with van der Waals surface area (Å²) in [5.74, 6) is 0.761. The Bertz CT molecular complexity index is 531. The number of benzene rings is 1. The van der Waals surface area contributed by atoms with Crippen LogP contribution in [0.1, 0.15) is 50.5 Å². The van der Waals surface area contributed by atoms with Crippen LogP contribution in [0.4, 0.5) is 0 Å². The van der Waals surface area contributed by atoms with Crippen LogP contribution < -0.4 is 4.74 Å². The first kappa shape index (κ1) is 14.9. The minimum absolute atomic E-state index is 0.684. The van der Waals surface area contributed by atoms with Crippen molar-refractivity contribution >= 4 is 21.9 Å². The first-order valence-electron chi connectivity index (χ1n) is 7.79. The maximum absolute atomic E-state index is 12.0. The van der Waals surface area contributed by atoms with E-state index in [2.05, 4.69) is 15.9 Å². The molecule has 0 amide bonds. The summed E-state index contributed by atoms with van der Waals surface area (Å²) in [6.07, 6.45) is 7.01. The van der Waals surface area contributed by atoms with E-state index in [1.54, 1.807) is 0 Å². The average Bonchev–Trinajstić information content (AvgIpc) is 3.31. The van der Waals surface area contributed by atoms with Crippen LogP contribution in [0.2, 0.25) is 0 Å². The zero-order valence-electron chi connectivity index (χ0n) is 12.1. The first-order chi connectivity index (χ1) is 10.1. The van der Waals surface area contributed by atoms with Crippen LogP contribution in [-0.4, -0.2) is 17.7 Å². The molecule has 2 aliphatic rings. The zero-order valence-corrected chi connectivity index (χ0v) is 13.7. The molecule has 0 aliphatic heterocycles. The van der Waals surface area contributed by atoms with Gasteiger partial charge < -0.3 is 9.84 Å². The molecule has 0 unspecified atom stereocenters. The minimum Gasteiger partial charge on any atom is -0.492 e. The molecule has 2 aliphatic carbocycles. The van der Waals surface area contributed by atoms with Crippen LogP contribution in [0, 0.1) is 5.92 Å². The Morgan fingerprint density at radius 1 is 1.29 bits per heavy atom. The third-order valence-electron chi connectivity index (χ3n) is 4.77. The van der Waals surface area contributed by atoms with Gasteiger partial charge >= 0.3 is 5.97 Å². The molecule has 0 atom stereocenters. The van der Waals surface area contributed by atoms with Gasteiger partial charge in [-0.1, -0.05) is 31.4 Å². The summed E-state index contributed by atoms with van der Waals surface area (Å²) < 4.78 is 6.71. The molecule has 1 aromatic rings. The molecule has 3 nitrogen and oxygen atoms in total. The summed E-state index contributed by atoms with van der Waals surface area (Å²) in [6, 6.07) is 5.78. The molecule has 2 saturated carbocycles. The fourth-order valence-electron chi connectivity index (χ4n) is 3.24. The van der Waals surface area contributed by atoms with E-state index in [1.807, 2.05) is 18.2 Å². The highest BCUT2D eigenvalue weighted by Crippen LogP contribution is 2.45. The lowest BCUT2D eigenvalue weighted by Gasteiger charge is -2.34. The molecular formula is C17H21BrO3. The molecule has 1 aromatic carbocycles. The Balaban J connectivity index is 1.91. The van der Waals surface area contributed by atoms with Crippen molar-refractivity contribution < 1.29 is 14.6 Å². The lowest BCUT2D eigenvalue weighted by Crippen LogP contribution is -2.38. The number of ether oxygens (including phenoxy) is 1. The molecule has 4 heteroatoms. The molecule has 0 saturated heterocycles. The highest BCUT2D eigenvalue weighted by atomic mass is 79.9. The molecule has 0 heterocycles. The molecule has 3 rings (SSSR count). The predicted molar refractivity (Wildman–Crippen MR) is 84.8 cm³/mol. The van der Waals surface area contributed by atoms with Gasteiger partial charge in [0.25, 0.3) is 0 Å². The van der Waals surface area contributed by atoms with Gasteiger partial charge in [0.1, 0.15) is 5.75 Å². The molecule has 21 heavy (non-hydrogen) atoms. The van der Waals surface area contributed by atoms with E-state index in [-0.39, 0.29) is 0 Å². The summed E-state index contributed by atoms with van der Waals surface area (Å²) in [6.45, 7) is 0.738. The largest absolute Gasteiger partial charge is 0.492 e. The normalized spacial score (nSPS) is 21.0. The summed E-state index contributed by atoms with van der Waals surface area (Å²) in [5.41, 5.74) is 0.124. The topological polar surface area (TPSA) is 46.5 Å². The number of carboxylic acid groups (broad SMARTS) is 1.